The van der Waals surface area contributed by atoms with Crippen LogP contribution in [-0.4, -0.2) is 20.7 Å². The van der Waals surface area contributed by atoms with Crippen molar-refractivity contribution in [2.75, 3.05) is 5.32 Å². The van der Waals surface area contributed by atoms with Crippen LogP contribution in [0.2, 0.25) is 10.0 Å². The highest BCUT2D eigenvalue weighted by molar-refractivity contribution is 6.34. The van der Waals surface area contributed by atoms with Crippen LogP contribution in [0.3, 0.4) is 0 Å². The number of anilines is 1. The zero-order valence-electron chi connectivity index (χ0n) is 12.2. The molecular weight excluding hydrogens is 354 g/mol. The number of hydrogen-bond acceptors (Lipinski definition) is 3. The monoisotopic (exact) mass is 364 g/mol. The Hall–Kier alpha value is -2.44. The summed E-state index contributed by atoms with van der Waals surface area (Å²) in [5.41, 5.74) is 1.02. The number of nitrogens with zero attached hydrogens (tertiary/aromatic N) is 3. The summed E-state index contributed by atoms with van der Waals surface area (Å²) in [7, 11) is 0. The number of carbonyl (C=O) groups excluding carboxylic acids is 1. The fourth-order valence-electron chi connectivity index (χ4n) is 2.07. The molecule has 0 aliphatic heterocycles. The summed E-state index contributed by atoms with van der Waals surface area (Å²) >= 11 is 12.0. The predicted molar refractivity (Wildman–Crippen MR) is 89.9 cm³/mol. The third-order valence-electron chi connectivity index (χ3n) is 3.23. The molecule has 1 aromatic heterocycles. The lowest BCUT2D eigenvalue weighted by atomic mass is 10.2. The summed E-state index contributed by atoms with van der Waals surface area (Å²) in [6.45, 7) is 0.300. The molecule has 5 nitrogen and oxygen atoms in total. The van der Waals surface area contributed by atoms with Gasteiger partial charge in [0.05, 0.1) is 17.1 Å². The lowest BCUT2D eigenvalue weighted by Gasteiger charge is -2.04. The quantitative estimate of drug-likeness (QED) is 0.760. The molecule has 0 saturated heterocycles. The van der Waals surface area contributed by atoms with E-state index < -0.39 is 11.7 Å². The average Bonchev–Trinajstić information content (AvgIpc) is 2.97. The van der Waals surface area contributed by atoms with Crippen LogP contribution in [0.25, 0.3) is 0 Å². The fraction of sp³-hybridized carbons (Fsp3) is 0.0625. The van der Waals surface area contributed by atoms with Crippen LogP contribution in [0.15, 0.2) is 48.8 Å². The maximum Gasteiger partial charge on any atom is 0.259 e. The number of halogens is 3. The van der Waals surface area contributed by atoms with E-state index in [2.05, 4.69) is 15.4 Å². The van der Waals surface area contributed by atoms with Gasteiger partial charge < -0.3 is 0 Å². The van der Waals surface area contributed by atoms with E-state index in [1.54, 1.807) is 30.3 Å². The molecule has 3 aromatic rings. The van der Waals surface area contributed by atoms with E-state index in [4.69, 9.17) is 23.2 Å². The Morgan fingerprint density at radius 2 is 1.96 bits per heavy atom. The topological polar surface area (TPSA) is 59.8 Å². The Bertz CT molecular complexity index is 897. The molecule has 122 valence electrons. The van der Waals surface area contributed by atoms with E-state index in [0.29, 0.717) is 27.7 Å². The van der Waals surface area contributed by atoms with Gasteiger partial charge in [0.25, 0.3) is 5.91 Å². The van der Waals surface area contributed by atoms with Gasteiger partial charge in [0.2, 0.25) is 5.95 Å². The first kappa shape index (κ1) is 16.4. The summed E-state index contributed by atoms with van der Waals surface area (Å²) in [6, 6.07) is 10.8. The van der Waals surface area contributed by atoms with Crippen molar-refractivity contribution in [2.24, 2.45) is 0 Å². The molecule has 0 radical (unpaired) electrons. The summed E-state index contributed by atoms with van der Waals surface area (Å²) < 4.78 is 14.5. The Kier molecular flexibility index (Phi) is 4.78. The van der Waals surface area contributed by atoms with Crippen molar-refractivity contribution in [1.82, 2.24) is 14.8 Å². The third-order valence-corrected chi connectivity index (χ3v) is 3.91. The molecule has 0 saturated carbocycles. The van der Waals surface area contributed by atoms with Crippen LogP contribution >= 0.6 is 23.2 Å². The molecule has 0 bridgehead atoms. The highest BCUT2D eigenvalue weighted by Crippen LogP contribution is 2.19. The summed E-state index contributed by atoms with van der Waals surface area (Å²) in [5.74, 6) is -0.675. The normalized spacial score (nSPS) is 10.6. The average molecular weight is 365 g/mol. The van der Waals surface area contributed by atoms with Gasteiger partial charge in [-0.05, 0) is 29.8 Å². The minimum atomic E-state index is -0.407. The molecule has 0 aliphatic carbocycles. The number of hydrogen-bond donors (Lipinski definition) is 1. The molecule has 0 atom stereocenters. The van der Waals surface area contributed by atoms with Crippen molar-refractivity contribution in [3.8, 4) is 0 Å². The van der Waals surface area contributed by atoms with E-state index >= 15 is 0 Å². The SMILES string of the molecule is O=C(Nc1ncn(Cc2ccc(F)cc2Cl)n1)c1ccccc1Cl. The lowest BCUT2D eigenvalue weighted by Crippen LogP contribution is -2.14. The van der Waals surface area contributed by atoms with Crippen LogP contribution in [0.1, 0.15) is 15.9 Å². The van der Waals surface area contributed by atoms with Crippen LogP contribution in [0.5, 0.6) is 0 Å². The van der Waals surface area contributed by atoms with Gasteiger partial charge in [0.15, 0.2) is 0 Å². The number of benzene rings is 2. The van der Waals surface area contributed by atoms with Crippen LogP contribution in [0.4, 0.5) is 10.3 Å². The standard InChI is InChI=1S/C16H11Cl2FN4O/c17-13-4-2-1-3-12(13)15(24)21-16-20-9-23(22-16)8-10-5-6-11(19)7-14(10)18/h1-7,9H,8H2,(H,21,22,24). The molecule has 1 N–H and O–H groups in total. The Balaban J connectivity index is 1.72. The number of aromatic nitrogens is 3. The van der Waals surface area contributed by atoms with Crippen molar-refractivity contribution < 1.29 is 9.18 Å². The highest BCUT2D eigenvalue weighted by Gasteiger charge is 2.12. The van der Waals surface area contributed by atoms with Crippen LogP contribution in [0, 0.1) is 5.82 Å². The van der Waals surface area contributed by atoms with E-state index in [9.17, 15) is 9.18 Å². The van der Waals surface area contributed by atoms with E-state index in [0.717, 1.165) is 0 Å². The fourth-order valence-corrected chi connectivity index (χ4v) is 2.52. The third kappa shape index (κ3) is 3.72. The highest BCUT2D eigenvalue weighted by atomic mass is 35.5. The van der Waals surface area contributed by atoms with Crippen LogP contribution < -0.4 is 5.32 Å². The van der Waals surface area contributed by atoms with Gasteiger partial charge in [0.1, 0.15) is 12.1 Å². The number of amides is 1. The van der Waals surface area contributed by atoms with Gasteiger partial charge in [-0.1, -0.05) is 41.4 Å². The summed E-state index contributed by atoms with van der Waals surface area (Å²) in [5, 5.41) is 7.35. The van der Waals surface area contributed by atoms with Gasteiger partial charge in [-0.3, -0.25) is 10.1 Å². The van der Waals surface area contributed by atoms with Crippen molar-refractivity contribution >= 4 is 35.1 Å². The first-order chi connectivity index (χ1) is 11.5. The molecule has 0 unspecified atom stereocenters. The van der Waals surface area contributed by atoms with Crippen LogP contribution in [-0.2, 0) is 6.54 Å². The zero-order valence-corrected chi connectivity index (χ0v) is 13.7. The van der Waals surface area contributed by atoms with Gasteiger partial charge >= 0.3 is 0 Å². The van der Waals surface area contributed by atoms with Gasteiger partial charge in [-0.25, -0.2) is 14.1 Å². The maximum absolute atomic E-state index is 13.1. The smallest absolute Gasteiger partial charge is 0.259 e. The Morgan fingerprint density at radius 3 is 2.71 bits per heavy atom. The summed E-state index contributed by atoms with van der Waals surface area (Å²) in [6.07, 6.45) is 1.45. The zero-order chi connectivity index (χ0) is 17.1. The first-order valence-corrected chi connectivity index (χ1v) is 7.68. The molecule has 8 heteroatoms. The molecule has 0 fully saturated rings. The second-order valence-corrected chi connectivity index (χ2v) is 5.75. The molecule has 1 heterocycles. The lowest BCUT2D eigenvalue weighted by molar-refractivity contribution is 0.102. The number of carbonyl (C=O) groups is 1. The minimum Gasteiger partial charge on any atom is -0.289 e. The molecule has 2 aromatic carbocycles. The number of rotatable bonds is 4. The molecule has 0 aliphatic rings. The minimum absolute atomic E-state index is 0.137. The van der Waals surface area contributed by atoms with Crippen molar-refractivity contribution in [2.45, 2.75) is 6.54 Å². The number of nitrogens with one attached hydrogen (secondary N) is 1. The van der Waals surface area contributed by atoms with Gasteiger partial charge in [-0.15, -0.1) is 5.10 Å². The summed E-state index contributed by atoms with van der Waals surface area (Å²) in [4.78, 5) is 16.2. The second-order valence-electron chi connectivity index (χ2n) is 4.94. The van der Waals surface area contributed by atoms with Gasteiger partial charge in [0, 0.05) is 5.02 Å². The predicted octanol–water partition coefficient (Wildman–Crippen LogP) is 4.02. The van der Waals surface area contributed by atoms with E-state index in [-0.39, 0.29) is 5.95 Å². The van der Waals surface area contributed by atoms with Gasteiger partial charge in [-0.2, -0.15) is 0 Å². The molecular formula is C16H11Cl2FN4O. The molecule has 3 rings (SSSR count). The van der Waals surface area contributed by atoms with E-state index in [1.165, 1.54) is 23.1 Å². The molecule has 0 spiro atoms. The van der Waals surface area contributed by atoms with Crippen molar-refractivity contribution in [1.29, 1.82) is 0 Å². The Morgan fingerprint density at radius 1 is 1.17 bits per heavy atom. The Labute approximate surface area is 147 Å². The largest absolute Gasteiger partial charge is 0.289 e. The second kappa shape index (κ2) is 6.98. The van der Waals surface area contributed by atoms with Crippen molar-refractivity contribution in [3.63, 3.8) is 0 Å². The maximum atomic E-state index is 13.1. The van der Waals surface area contributed by atoms with Crippen molar-refractivity contribution in [3.05, 3.63) is 75.8 Å². The molecule has 24 heavy (non-hydrogen) atoms. The first-order valence-electron chi connectivity index (χ1n) is 6.92. The van der Waals surface area contributed by atoms with E-state index in [1.807, 2.05) is 0 Å². The molecule has 1 amide bonds.